The molecule has 4 rings (SSSR count). The number of anilines is 1. The van der Waals surface area contributed by atoms with Crippen molar-refractivity contribution < 1.29 is 36.2 Å². The zero-order valence-electron chi connectivity index (χ0n) is 18.1. The van der Waals surface area contributed by atoms with Crippen LogP contribution in [0.2, 0.25) is 0 Å². The monoisotopic (exact) mass is 509 g/mol. The van der Waals surface area contributed by atoms with Gasteiger partial charge in [-0.1, -0.05) is 24.3 Å². The first-order chi connectivity index (χ1) is 17.0. The third kappa shape index (κ3) is 4.82. The van der Waals surface area contributed by atoms with E-state index in [0.29, 0.717) is 0 Å². The summed E-state index contributed by atoms with van der Waals surface area (Å²) < 4.78 is 85.8. The molecule has 4 aromatic rings. The molecule has 0 aliphatic carbocycles. The second kappa shape index (κ2) is 9.49. The summed E-state index contributed by atoms with van der Waals surface area (Å²) in [6.45, 7) is -1.51. The van der Waals surface area contributed by atoms with Crippen LogP contribution in [-0.4, -0.2) is 38.1 Å². The molecule has 0 saturated carbocycles. The van der Waals surface area contributed by atoms with Gasteiger partial charge in [-0.2, -0.15) is 4.98 Å². The molecule has 1 unspecified atom stereocenters. The number of hydrogen-bond donors (Lipinski definition) is 3. The van der Waals surface area contributed by atoms with Gasteiger partial charge in [0.2, 0.25) is 5.95 Å². The van der Waals surface area contributed by atoms with Crippen molar-refractivity contribution in [2.24, 2.45) is 0 Å². The number of benzene rings is 2. The average molecular weight is 509 g/mol. The van der Waals surface area contributed by atoms with Crippen molar-refractivity contribution in [3.63, 3.8) is 0 Å². The van der Waals surface area contributed by atoms with Crippen molar-refractivity contribution in [1.82, 2.24) is 19.9 Å². The summed E-state index contributed by atoms with van der Waals surface area (Å²) in [7, 11) is 0. The molecule has 0 radical (unpaired) electrons. The molecule has 0 spiro atoms. The van der Waals surface area contributed by atoms with Gasteiger partial charge in [-0.3, -0.25) is 4.79 Å². The fraction of sp³-hybridized carbons (Fsp3) is 0.174. The fourth-order valence-corrected chi connectivity index (χ4v) is 3.56. The van der Waals surface area contributed by atoms with Crippen molar-refractivity contribution in [3.8, 4) is 11.1 Å². The first-order valence-electron chi connectivity index (χ1n) is 10.3. The van der Waals surface area contributed by atoms with E-state index in [4.69, 9.17) is 5.73 Å². The van der Waals surface area contributed by atoms with Crippen molar-refractivity contribution >= 4 is 17.5 Å². The van der Waals surface area contributed by atoms with E-state index in [-0.39, 0.29) is 28.3 Å². The smallest absolute Gasteiger partial charge is 0.294 e. The lowest BCUT2D eigenvalue weighted by atomic mass is 9.97. The van der Waals surface area contributed by atoms with E-state index in [0.717, 1.165) is 36.4 Å². The maximum Gasteiger partial charge on any atom is 0.294 e. The number of halogens is 6. The minimum Gasteiger partial charge on any atom is -0.382 e. The molecule has 7 nitrogen and oxygen atoms in total. The van der Waals surface area contributed by atoms with Gasteiger partial charge >= 0.3 is 0 Å². The van der Waals surface area contributed by atoms with Crippen molar-refractivity contribution in [3.05, 3.63) is 83.1 Å². The van der Waals surface area contributed by atoms with E-state index < -0.39 is 53.7 Å². The number of fused-ring (bicyclic) bond motifs is 1. The quantitative estimate of drug-likeness (QED) is 0.323. The van der Waals surface area contributed by atoms with Crippen LogP contribution in [0.4, 0.5) is 32.3 Å². The van der Waals surface area contributed by atoms with Gasteiger partial charge in [0.1, 0.15) is 17.7 Å². The summed E-state index contributed by atoms with van der Waals surface area (Å²) in [5.41, 5.74) is 3.10. The molecule has 0 aliphatic rings. The lowest BCUT2D eigenvalue weighted by molar-refractivity contribution is -0.106. The van der Waals surface area contributed by atoms with Crippen molar-refractivity contribution in [2.45, 2.75) is 18.5 Å². The molecule has 4 N–H and O–H groups in total. The van der Waals surface area contributed by atoms with Crippen molar-refractivity contribution in [1.29, 1.82) is 0 Å². The highest BCUT2D eigenvalue weighted by atomic mass is 19.3. The normalized spacial score (nSPS) is 12.8. The van der Waals surface area contributed by atoms with Crippen LogP contribution in [0.3, 0.4) is 0 Å². The minimum absolute atomic E-state index is 0.0653. The molecule has 0 bridgehead atoms. The van der Waals surface area contributed by atoms with Gasteiger partial charge in [0, 0.05) is 17.3 Å². The van der Waals surface area contributed by atoms with Crippen LogP contribution in [0, 0.1) is 11.6 Å². The standard InChI is InChI=1S/C23H17F6N5O2/c24-13-3-1-11(2-4-13)19(35)23(28,29)10-31-21(36)17-15(20(26)27)6-5-14(18(17)25)12-7-8-34-16(9-12)32-22(30)33-34/h1-9,19-20,35H,10H2,(H2,30,33)(H,31,36). The van der Waals surface area contributed by atoms with E-state index in [9.17, 15) is 31.9 Å². The Morgan fingerprint density at radius 1 is 1.11 bits per heavy atom. The molecule has 2 aromatic heterocycles. The number of nitrogens with two attached hydrogens (primary N) is 1. The highest BCUT2D eigenvalue weighted by Crippen LogP contribution is 2.34. The third-order valence-corrected chi connectivity index (χ3v) is 5.37. The summed E-state index contributed by atoms with van der Waals surface area (Å²) >= 11 is 0. The van der Waals surface area contributed by atoms with Gasteiger partial charge < -0.3 is 16.2 Å². The molecule has 0 saturated heterocycles. The number of aliphatic hydroxyl groups excluding tert-OH is 1. The number of aliphatic hydroxyl groups is 1. The number of nitrogen functional groups attached to an aromatic ring is 1. The second-order valence-corrected chi connectivity index (χ2v) is 7.78. The first-order valence-corrected chi connectivity index (χ1v) is 10.3. The van der Waals surface area contributed by atoms with Crippen LogP contribution >= 0.6 is 0 Å². The lowest BCUT2D eigenvalue weighted by Gasteiger charge is -2.23. The summed E-state index contributed by atoms with van der Waals surface area (Å²) in [6, 6.07) is 8.11. The number of pyridine rings is 1. The van der Waals surface area contributed by atoms with E-state index in [1.807, 2.05) is 0 Å². The Morgan fingerprint density at radius 3 is 2.47 bits per heavy atom. The summed E-state index contributed by atoms with van der Waals surface area (Å²) in [5.74, 6) is -7.69. The Morgan fingerprint density at radius 2 is 1.81 bits per heavy atom. The molecule has 2 heterocycles. The largest absolute Gasteiger partial charge is 0.382 e. The Bertz CT molecular complexity index is 1420. The Labute approximate surface area is 199 Å². The van der Waals surface area contributed by atoms with Crippen LogP contribution in [0.1, 0.15) is 34.0 Å². The highest BCUT2D eigenvalue weighted by Gasteiger charge is 2.40. The van der Waals surface area contributed by atoms with Gasteiger partial charge in [0.05, 0.1) is 12.1 Å². The van der Waals surface area contributed by atoms with Gasteiger partial charge in [-0.25, -0.2) is 30.9 Å². The molecule has 188 valence electrons. The first kappa shape index (κ1) is 25.0. The Balaban J connectivity index is 1.63. The minimum atomic E-state index is -3.99. The maximum absolute atomic E-state index is 15.4. The SMILES string of the molecule is Nc1nc2cc(-c3ccc(C(F)F)c(C(=O)NCC(F)(F)C(O)c4ccc(F)cc4)c3F)ccn2n1. The Hall–Kier alpha value is -4.13. The number of nitrogens with one attached hydrogen (secondary N) is 1. The second-order valence-electron chi connectivity index (χ2n) is 7.78. The van der Waals surface area contributed by atoms with Gasteiger partial charge in [-0.05, 0) is 35.4 Å². The molecule has 13 heteroatoms. The summed E-state index contributed by atoms with van der Waals surface area (Å²) in [6.07, 6.45) is -4.36. The lowest BCUT2D eigenvalue weighted by Crippen LogP contribution is -2.41. The molecule has 36 heavy (non-hydrogen) atoms. The van der Waals surface area contributed by atoms with E-state index in [1.54, 1.807) is 5.32 Å². The number of amides is 1. The number of nitrogens with zero attached hydrogens (tertiary/aromatic N) is 3. The van der Waals surface area contributed by atoms with E-state index >= 15 is 4.39 Å². The average Bonchev–Trinajstić information content (AvgIpc) is 3.21. The fourth-order valence-electron chi connectivity index (χ4n) is 3.56. The topological polar surface area (TPSA) is 106 Å². The Kier molecular flexibility index (Phi) is 6.59. The maximum atomic E-state index is 15.4. The van der Waals surface area contributed by atoms with E-state index in [1.165, 1.54) is 22.8 Å². The predicted molar refractivity (Wildman–Crippen MR) is 116 cm³/mol. The molecule has 1 amide bonds. The molecule has 2 aromatic carbocycles. The number of carbonyl (C=O) groups excluding carboxylic acids is 1. The molecule has 0 fully saturated rings. The molecule has 1 atom stereocenters. The van der Waals surface area contributed by atoms with Crippen LogP contribution in [-0.2, 0) is 0 Å². The van der Waals surface area contributed by atoms with E-state index in [2.05, 4.69) is 10.1 Å². The van der Waals surface area contributed by atoms with Gasteiger partial charge in [0.15, 0.2) is 5.65 Å². The zero-order chi connectivity index (χ0) is 26.2. The van der Waals surface area contributed by atoms with Crippen molar-refractivity contribution in [2.75, 3.05) is 12.3 Å². The van der Waals surface area contributed by atoms with Gasteiger partial charge in [0.25, 0.3) is 18.3 Å². The number of carbonyl (C=O) groups is 1. The van der Waals surface area contributed by atoms with Crippen LogP contribution < -0.4 is 11.1 Å². The summed E-state index contributed by atoms with van der Waals surface area (Å²) in [4.78, 5) is 16.6. The number of alkyl halides is 4. The third-order valence-electron chi connectivity index (χ3n) is 5.37. The van der Waals surface area contributed by atoms with Crippen LogP contribution in [0.15, 0.2) is 54.7 Å². The molecule has 0 aliphatic heterocycles. The molecular weight excluding hydrogens is 492 g/mol. The number of hydrogen-bond acceptors (Lipinski definition) is 5. The van der Waals surface area contributed by atoms with Gasteiger partial charge in [-0.15, -0.1) is 5.10 Å². The number of aromatic nitrogens is 3. The highest BCUT2D eigenvalue weighted by molar-refractivity contribution is 5.97. The predicted octanol–water partition coefficient (Wildman–Crippen LogP) is 4.29. The summed E-state index contributed by atoms with van der Waals surface area (Å²) in [5, 5.41) is 15.5. The van der Waals surface area contributed by atoms with Crippen LogP contribution in [0.5, 0.6) is 0 Å². The van der Waals surface area contributed by atoms with Crippen LogP contribution in [0.25, 0.3) is 16.8 Å². The zero-order valence-corrected chi connectivity index (χ0v) is 18.1. The number of rotatable bonds is 7. The molecular formula is C23H17F6N5O2.